The average Bonchev–Trinajstić information content (AvgIpc) is 2.49. The molecule has 5 heteroatoms. The van der Waals surface area contributed by atoms with E-state index in [4.69, 9.17) is 4.74 Å². The van der Waals surface area contributed by atoms with Gasteiger partial charge in [-0.15, -0.1) is 0 Å². The number of nitrogens with zero attached hydrogens (tertiary/aromatic N) is 3. The third kappa shape index (κ3) is 3.05. The molecule has 20 heavy (non-hydrogen) atoms. The Morgan fingerprint density at radius 3 is 2.65 bits per heavy atom. The van der Waals surface area contributed by atoms with Crippen LogP contribution in [0.5, 0.6) is 0 Å². The van der Waals surface area contributed by atoms with Gasteiger partial charge in [-0.05, 0) is 31.2 Å². The lowest BCUT2D eigenvalue weighted by atomic mass is 10.3. The highest BCUT2D eigenvalue weighted by molar-refractivity contribution is 5.55. The van der Waals surface area contributed by atoms with Gasteiger partial charge in [0.1, 0.15) is 11.6 Å². The first kappa shape index (κ1) is 12.9. The van der Waals surface area contributed by atoms with E-state index in [1.807, 2.05) is 37.4 Å². The summed E-state index contributed by atoms with van der Waals surface area (Å²) in [5, 5.41) is 3.21. The minimum absolute atomic E-state index is 0.785. The van der Waals surface area contributed by atoms with Crippen LogP contribution >= 0.6 is 0 Å². The fourth-order valence-corrected chi connectivity index (χ4v) is 2.21. The molecule has 0 amide bonds. The SMILES string of the molecule is Cc1cccc(Nc2ccc(N3CCOCC3)cn2)n1. The van der Waals surface area contributed by atoms with Crippen LogP contribution in [0.1, 0.15) is 5.69 Å². The highest BCUT2D eigenvalue weighted by Crippen LogP contribution is 2.18. The van der Waals surface area contributed by atoms with Crippen LogP contribution in [-0.4, -0.2) is 36.3 Å². The van der Waals surface area contributed by atoms with E-state index in [1.54, 1.807) is 0 Å². The lowest BCUT2D eigenvalue weighted by molar-refractivity contribution is 0.122. The lowest BCUT2D eigenvalue weighted by Crippen LogP contribution is -2.36. The maximum absolute atomic E-state index is 5.35. The molecule has 2 aromatic heterocycles. The van der Waals surface area contributed by atoms with Crippen LogP contribution in [0.15, 0.2) is 36.5 Å². The largest absolute Gasteiger partial charge is 0.378 e. The Morgan fingerprint density at radius 2 is 1.95 bits per heavy atom. The van der Waals surface area contributed by atoms with Crippen molar-refractivity contribution in [2.24, 2.45) is 0 Å². The highest BCUT2D eigenvalue weighted by atomic mass is 16.5. The molecule has 0 unspecified atom stereocenters. The molecule has 104 valence electrons. The summed E-state index contributed by atoms with van der Waals surface area (Å²) in [4.78, 5) is 11.1. The van der Waals surface area contributed by atoms with Gasteiger partial charge in [0.15, 0.2) is 0 Å². The molecule has 1 saturated heterocycles. The van der Waals surface area contributed by atoms with Gasteiger partial charge in [0.25, 0.3) is 0 Å². The Kier molecular flexibility index (Phi) is 3.78. The average molecular weight is 270 g/mol. The molecule has 2 aromatic rings. The van der Waals surface area contributed by atoms with Crippen molar-refractivity contribution in [1.29, 1.82) is 0 Å². The van der Waals surface area contributed by atoms with Crippen LogP contribution in [0.4, 0.5) is 17.3 Å². The number of aryl methyl sites for hydroxylation is 1. The van der Waals surface area contributed by atoms with Crippen molar-refractivity contribution in [3.8, 4) is 0 Å². The van der Waals surface area contributed by atoms with Crippen molar-refractivity contribution < 1.29 is 4.74 Å². The summed E-state index contributed by atoms with van der Waals surface area (Å²) in [6, 6.07) is 9.95. The van der Waals surface area contributed by atoms with Gasteiger partial charge in [-0.25, -0.2) is 9.97 Å². The van der Waals surface area contributed by atoms with Gasteiger partial charge in [-0.2, -0.15) is 0 Å². The third-order valence-electron chi connectivity index (χ3n) is 3.27. The number of morpholine rings is 1. The molecule has 0 spiro atoms. The van der Waals surface area contributed by atoms with Crippen LogP contribution < -0.4 is 10.2 Å². The number of nitrogens with one attached hydrogen (secondary N) is 1. The first-order chi connectivity index (χ1) is 9.81. The molecule has 0 bridgehead atoms. The van der Waals surface area contributed by atoms with E-state index in [9.17, 15) is 0 Å². The van der Waals surface area contributed by atoms with Gasteiger partial charge in [-0.1, -0.05) is 6.07 Å². The first-order valence-electron chi connectivity index (χ1n) is 6.81. The second-order valence-corrected chi connectivity index (χ2v) is 4.79. The third-order valence-corrected chi connectivity index (χ3v) is 3.27. The molecular weight excluding hydrogens is 252 g/mol. The molecule has 0 aliphatic carbocycles. The Bertz CT molecular complexity index is 564. The zero-order chi connectivity index (χ0) is 13.8. The predicted molar refractivity (Wildman–Crippen MR) is 79.5 cm³/mol. The summed E-state index contributed by atoms with van der Waals surface area (Å²) >= 11 is 0. The maximum Gasteiger partial charge on any atom is 0.131 e. The summed E-state index contributed by atoms with van der Waals surface area (Å²) in [6.07, 6.45) is 1.89. The van der Waals surface area contributed by atoms with Crippen LogP contribution in [0, 0.1) is 6.92 Å². The predicted octanol–water partition coefficient (Wildman–Crippen LogP) is 2.37. The monoisotopic (exact) mass is 270 g/mol. The van der Waals surface area contributed by atoms with Crippen LogP contribution in [0.25, 0.3) is 0 Å². The molecule has 0 atom stereocenters. The van der Waals surface area contributed by atoms with E-state index in [-0.39, 0.29) is 0 Å². The molecule has 0 saturated carbocycles. The second-order valence-electron chi connectivity index (χ2n) is 4.79. The van der Waals surface area contributed by atoms with E-state index in [2.05, 4.69) is 26.3 Å². The molecule has 1 fully saturated rings. The summed E-state index contributed by atoms with van der Waals surface area (Å²) < 4.78 is 5.35. The minimum Gasteiger partial charge on any atom is -0.378 e. The Morgan fingerprint density at radius 1 is 1.10 bits per heavy atom. The number of rotatable bonds is 3. The van der Waals surface area contributed by atoms with Crippen molar-refractivity contribution in [3.63, 3.8) is 0 Å². The molecule has 1 aliphatic rings. The summed E-state index contributed by atoms with van der Waals surface area (Å²) in [7, 11) is 0. The summed E-state index contributed by atoms with van der Waals surface area (Å²) in [5.74, 6) is 1.62. The molecule has 0 aromatic carbocycles. The van der Waals surface area contributed by atoms with Crippen molar-refractivity contribution in [2.75, 3.05) is 36.5 Å². The molecule has 0 radical (unpaired) electrons. The van der Waals surface area contributed by atoms with Crippen LogP contribution in [0.3, 0.4) is 0 Å². The van der Waals surface area contributed by atoms with Gasteiger partial charge < -0.3 is 15.0 Å². The lowest BCUT2D eigenvalue weighted by Gasteiger charge is -2.28. The van der Waals surface area contributed by atoms with Crippen molar-refractivity contribution in [2.45, 2.75) is 6.92 Å². The zero-order valence-electron chi connectivity index (χ0n) is 11.5. The second kappa shape index (κ2) is 5.88. The molecule has 3 heterocycles. The normalized spacial score (nSPS) is 15.2. The summed E-state index contributed by atoms with van der Waals surface area (Å²) in [6.45, 7) is 5.39. The van der Waals surface area contributed by atoms with Crippen molar-refractivity contribution in [3.05, 3.63) is 42.2 Å². The van der Waals surface area contributed by atoms with E-state index >= 15 is 0 Å². The Balaban J connectivity index is 1.69. The van der Waals surface area contributed by atoms with E-state index in [1.165, 1.54) is 0 Å². The van der Waals surface area contributed by atoms with Crippen LogP contribution in [-0.2, 0) is 4.74 Å². The molecular formula is C15H18N4O. The fraction of sp³-hybridized carbons (Fsp3) is 0.333. The van der Waals surface area contributed by atoms with Gasteiger partial charge >= 0.3 is 0 Å². The fourth-order valence-electron chi connectivity index (χ4n) is 2.21. The number of pyridine rings is 2. The van der Waals surface area contributed by atoms with Crippen LogP contribution in [0.2, 0.25) is 0 Å². The zero-order valence-corrected chi connectivity index (χ0v) is 11.5. The Labute approximate surface area is 118 Å². The van der Waals surface area contributed by atoms with Gasteiger partial charge in [0, 0.05) is 18.8 Å². The molecule has 5 nitrogen and oxygen atoms in total. The molecule has 1 N–H and O–H groups in total. The molecule has 1 aliphatic heterocycles. The highest BCUT2D eigenvalue weighted by Gasteiger charge is 2.11. The van der Waals surface area contributed by atoms with E-state index in [0.29, 0.717) is 0 Å². The number of hydrogen-bond acceptors (Lipinski definition) is 5. The molecule has 3 rings (SSSR count). The maximum atomic E-state index is 5.35. The number of ether oxygens (including phenoxy) is 1. The standard InChI is InChI=1S/C15H18N4O/c1-12-3-2-4-15(17-12)18-14-6-5-13(11-16-14)19-7-9-20-10-8-19/h2-6,11H,7-10H2,1H3,(H,16,17,18). The van der Waals surface area contributed by atoms with Gasteiger partial charge in [0.05, 0.1) is 25.1 Å². The van der Waals surface area contributed by atoms with E-state index in [0.717, 1.165) is 49.3 Å². The first-order valence-corrected chi connectivity index (χ1v) is 6.81. The van der Waals surface area contributed by atoms with E-state index < -0.39 is 0 Å². The minimum atomic E-state index is 0.785. The quantitative estimate of drug-likeness (QED) is 0.928. The topological polar surface area (TPSA) is 50.3 Å². The van der Waals surface area contributed by atoms with Crippen molar-refractivity contribution >= 4 is 17.3 Å². The number of aromatic nitrogens is 2. The smallest absolute Gasteiger partial charge is 0.131 e. The summed E-state index contributed by atoms with van der Waals surface area (Å²) in [5.41, 5.74) is 2.12. The van der Waals surface area contributed by atoms with Crippen molar-refractivity contribution in [1.82, 2.24) is 9.97 Å². The number of hydrogen-bond donors (Lipinski definition) is 1. The number of anilines is 3. The Hall–Kier alpha value is -2.14. The van der Waals surface area contributed by atoms with Gasteiger partial charge in [-0.3, -0.25) is 0 Å². The van der Waals surface area contributed by atoms with Gasteiger partial charge in [0.2, 0.25) is 0 Å².